The van der Waals surface area contributed by atoms with E-state index in [1.165, 1.54) is 37.0 Å². The van der Waals surface area contributed by atoms with Gasteiger partial charge in [-0.3, -0.25) is 4.79 Å². The van der Waals surface area contributed by atoms with Crippen LogP contribution in [0.15, 0.2) is 12.7 Å². The second-order valence-corrected chi connectivity index (χ2v) is 6.08. The lowest BCUT2D eigenvalue weighted by atomic mass is 10.2. The number of ether oxygens (including phenoxy) is 1. The summed E-state index contributed by atoms with van der Waals surface area (Å²) in [7, 11) is 1.60. The van der Waals surface area contributed by atoms with Crippen LogP contribution in [0.2, 0.25) is 0 Å². The molecule has 21 heavy (non-hydrogen) atoms. The number of anilines is 2. The number of rotatable bonds is 5. The fourth-order valence-corrected chi connectivity index (χ4v) is 3.67. The summed E-state index contributed by atoms with van der Waals surface area (Å²) in [6.07, 6.45) is 6.49. The van der Waals surface area contributed by atoms with Gasteiger partial charge >= 0.3 is 0 Å². The lowest BCUT2D eigenvalue weighted by Gasteiger charge is -2.21. The van der Waals surface area contributed by atoms with Gasteiger partial charge in [0.15, 0.2) is 5.75 Å². The fraction of sp³-hybridized carbons (Fsp3) is 0.533. The molecule has 1 amide bonds. The third kappa shape index (κ3) is 3.50. The fourth-order valence-electron chi connectivity index (χ4n) is 2.51. The molecule has 0 saturated carbocycles. The second kappa shape index (κ2) is 7.36. The van der Waals surface area contributed by atoms with Crippen molar-refractivity contribution in [2.75, 3.05) is 37.4 Å². The quantitative estimate of drug-likeness (QED) is 0.821. The van der Waals surface area contributed by atoms with E-state index in [9.17, 15) is 4.79 Å². The highest BCUT2D eigenvalue weighted by Crippen LogP contribution is 2.45. The van der Waals surface area contributed by atoms with Gasteiger partial charge in [-0.2, -0.15) is 0 Å². The van der Waals surface area contributed by atoms with Crippen molar-refractivity contribution in [1.82, 2.24) is 5.32 Å². The molecular formula is C15H23N3O2S. The van der Waals surface area contributed by atoms with Crippen LogP contribution in [0.25, 0.3) is 0 Å². The molecule has 2 heterocycles. The normalized spacial score (nSPS) is 15.4. The molecule has 0 aromatic carbocycles. The first kappa shape index (κ1) is 15.7. The van der Waals surface area contributed by atoms with Gasteiger partial charge in [-0.25, -0.2) is 0 Å². The van der Waals surface area contributed by atoms with E-state index in [1.807, 2.05) is 0 Å². The van der Waals surface area contributed by atoms with Gasteiger partial charge in [0.2, 0.25) is 0 Å². The minimum absolute atomic E-state index is 0.170. The molecule has 0 bridgehead atoms. The van der Waals surface area contributed by atoms with Crippen molar-refractivity contribution in [3.05, 3.63) is 17.5 Å². The van der Waals surface area contributed by atoms with Gasteiger partial charge in [-0.1, -0.05) is 18.9 Å². The van der Waals surface area contributed by atoms with Crippen LogP contribution in [0.3, 0.4) is 0 Å². The summed E-state index contributed by atoms with van der Waals surface area (Å²) in [5.74, 6) is 0.461. The van der Waals surface area contributed by atoms with Gasteiger partial charge in [-0.05, 0) is 12.8 Å². The highest BCUT2D eigenvalue weighted by Gasteiger charge is 2.25. The summed E-state index contributed by atoms with van der Waals surface area (Å²) in [6.45, 7) is 6.00. The minimum Gasteiger partial charge on any atom is -0.492 e. The first-order valence-electron chi connectivity index (χ1n) is 7.29. The number of hydrogen-bond donors (Lipinski definition) is 2. The lowest BCUT2D eigenvalue weighted by molar-refractivity contribution is 0.0962. The van der Waals surface area contributed by atoms with E-state index in [0.717, 1.165) is 18.1 Å². The predicted octanol–water partition coefficient (Wildman–Crippen LogP) is 2.64. The minimum atomic E-state index is -0.170. The Labute approximate surface area is 129 Å². The maximum atomic E-state index is 12.2. The second-order valence-electron chi connectivity index (χ2n) is 5.08. The van der Waals surface area contributed by atoms with Crippen molar-refractivity contribution in [2.45, 2.75) is 25.7 Å². The van der Waals surface area contributed by atoms with Crippen molar-refractivity contribution in [1.29, 1.82) is 0 Å². The van der Waals surface area contributed by atoms with Crippen LogP contribution in [0.4, 0.5) is 10.7 Å². The van der Waals surface area contributed by atoms with Crippen molar-refractivity contribution < 1.29 is 9.53 Å². The molecular weight excluding hydrogens is 286 g/mol. The molecule has 0 unspecified atom stereocenters. The van der Waals surface area contributed by atoms with Crippen LogP contribution in [0.1, 0.15) is 35.4 Å². The lowest BCUT2D eigenvalue weighted by Crippen LogP contribution is -2.23. The van der Waals surface area contributed by atoms with E-state index in [0.29, 0.717) is 22.9 Å². The Bertz CT molecular complexity index is 505. The highest BCUT2D eigenvalue weighted by molar-refractivity contribution is 7.19. The van der Waals surface area contributed by atoms with Crippen molar-refractivity contribution in [3.63, 3.8) is 0 Å². The Kier molecular flexibility index (Phi) is 5.50. The van der Waals surface area contributed by atoms with Gasteiger partial charge in [0.05, 0.1) is 7.11 Å². The largest absolute Gasteiger partial charge is 0.492 e. The average molecular weight is 309 g/mol. The maximum absolute atomic E-state index is 12.2. The molecule has 0 aliphatic carbocycles. The molecule has 1 aromatic heterocycles. The summed E-state index contributed by atoms with van der Waals surface area (Å²) in [4.78, 5) is 15.0. The number of carbonyl (C=O) groups is 1. The molecule has 1 aliphatic heterocycles. The molecule has 0 radical (unpaired) electrons. The van der Waals surface area contributed by atoms with Gasteiger partial charge in [0, 0.05) is 19.6 Å². The van der Waals surface area contributed by atoms with Crippen LogP contribution in [-0.2, 0) is 0 Å². The Morgan fingerprint density at radius 1 is 1.43 bits per heavy atom. The van der Waals surface area contributed by atoms with Gasteiger partial charge in [0.25, 0.3) is 5.91 Å². The van der Waals surface area contributed by atoms with E-state index >= 15 is 0 Å². The molecule has 116 valence electrons. The zero-order valence-electron chi connectivity index (χ0n) is 12.5. The van der Waals surface area contributed by atoms with Crippen molar-refractivity contribution in [2.24, 2.45) is 0 Å². The Morgan fingerprint density at radius 2 is 2.10 bits per heavy atom. The predicted molar refractivity (Wildman–Crippen MR) is 88.5 cm³/mol. The summed E-state index contributed by atoms with van der Waals surface area (Å²) < 4.78 is 5.45. The molecule has 3 N–H and O–H groups in total. The van der Waals surface area contributed by atoms with Gasteiger partial charge < -0.3 is 20.7 Å². The van der Waals surface area contributed by atoms with E-state index in [2.05, 4.69) is 16.8 Å². The molecule has 1 saturated heterocycles. The SMILES string of the molecule is C=CCNC(=O)c1sc(N2CCCCCC2)c(OC)c1N. The number of nitrogen functional groups attached to an aromatic ring is 1. The Morgan fingerprint density at radius 3 is 2.67 bits per heavy atom. The molecule has 6 heteroatoms. The summed E-state index contributed by atoms with van der Waals surface area (Å²) in [5, 5.41) is 3.74. The van der Waals surface area contributed by atoms with E-state index < -0.39 is 0 Å². The van der Waals surface area contributed by atoms with Crippen molar-refractivity contribution in [3.8, 4) is 5.75 Å². The molecule has 1 aliphatic rings. The molecule has 0 spiro atoms. The van der Waals surface area contributed by atoms with Crippen LogP contribution >= 0.6 is 11.3 Å². The number of carbonyl (C=O) groups excluding carboxylic acids is 1. The topological polar surface area (TPSA) is 67.6 Å². The highest BCUT2D eigenvalue weighted by atomic mass is 32.1. The summed E-state index contributed by atoms with van der Waals surface area (Å²) >= 11 is 1.41. The number of nitrogens with zero attached hydrogens (tertiary/aromatic N) is 1. The van der Waals surface area contributed by atoms with Crippen LogP contribution in [0, 0.1) is 0 Å². The van der Waals surface area contributed by atoms with Crippen LogP contribution in [0.5, 0.6) is 5.75 Å². The molecule has 2 rings (SSSR count). The number of amides is 1. The summed E-state index contributed by atoms with van der Waals surface area (Å²) in [6, 6.07) is 0. The number of nitrogens with one attached hydrogen (secondary N) is 1. The number of methoxy groups -OCH3 is 1. The van der Waals surface area contributed by atoms with Gasteiger partial charge in [-0.15, -0.1) is 17.9 Å². The molecule has 1 fully saturated rings. The monoisotopic (exact) mass is 309 g/mol. The standard InChI is InChI=1S/C15H23N3O2S/c1-3-8-17-14(19)13-11(16)12(20-2)15(21-13)18-9-6-4-5-7-10-18/h3H,1,4-10,16H2,2H3,(H,17,19). The zero-order valence-corrected chi connectivity index (χ0v) is 13.3. The third-order valence-corrected chi connectivity index (χ3v) is 4.84. The number of hydrogen-bond acceptors (Lipinski definition) is 5. The first-order valence-corrected chi connectivity index (χ1v) is 8.11. The average Bonchev–Trinajstić information content (AvgIpc) is 2.68. The molecule has 1 aromatic rings. The summed E-state index contributed by atoms with van der Waals surface area (Å²) in [5.41, 5.74) is 6.54. The van der Waals surface area contributed by atoms with E-state index in [4.69, 9.17) is 10.5 Å². The van der Waals surface area contributed by atoms with E-state index in [-0.39, 0.29) is 5.91 Å². The third-order valence-electron chi connectivity index (χ3n) is 3.59. The van der Waals surface area contributed by atoms with Crippen molar-refractivity contribution >= 4 is 27.9 Å². The van der Waals surface area contributed by atoms with Crippen LogP contribution in [-0.4, -0.2) is 32.7 Å². The smallest absolute Gasteiger partial charge is 0.263 e. The number of thiophene rings is 1. The molecule has 0 atom stereocenters. The Balaban J connectivity index is 2.28. The van der Waals surface area contributed by atoms with E-state index in [1.54, 1.807) is 13.2 Å². The van der Waals surface area contributed by atoms with Crippen LogP contribution < -0.4 is 20.7 Å². The zero-order chi connectivity index (χ0) is 15.2. The molecule has 5 nitrogen and oxygen atoms in total. The maximum Gasteiger partial charge on any atom is 0.263 e. The first-order chi connectivity index (χ1) is 10.2. The Hall–Kier alpha value is -1.69. The number of nitrogens with two attached hydrogens (primary N) is 1. The van der Waals surface area contributed by atoms with Gasteiger partial charge in [0.1, 0.15) is 15.6 Å².